The Morgan fingerprint density at radius 1 is 1.22 bits per heavy atom. The lowest BCUT2D eigenvalue weighted by molar-refractivity contribution is 0.317. The van der Waals surface area contributed by atoms with Gasteiger partial charge in [-0.2, -0.15) is 0 Å². The molecule has 23 heavy (non-hydrogen) atoms. The van der Waals surface area contributed by atoms with Crippen molar-refractivity contribution in [3.63, 3.8) is 0 Å². The van der Waals surface area contributed by atoms with E-state index in [2.05, 4.69) is 36.0 Å². The van der Waals surface area contributed by atoms with Crippen molar-refractivity contribution in [3.8, 4) is 5.75 Å². The van der Waals surface area contributed by atoms with E-state index >= 15 is 0 Å². The minimum absolute atomic E-state index is 0.151. The first-order chi connectivity index (χ1) is 10.8. The van der Waals surface area contributed by atoms with Gasteiger partial charge >= 0.3 is 0 Å². The highest BCUT2D eigenvalue weighted by atomic mass is 16.3. The van der Waals surface area contributed by atoms with Crippen molar-refractivity contribution in [1.29, 1.82) is 0 Å². The van der Waals surface area contributed by atoms with E-state index in [-0.39, 0.29) is 11.3 Å². The molecule has 124 valence electrons. The van der Waals surface area contributed by atoms with Gasteiger partial charge in [0.15, 0.2) is 0 Å². The molecule has 0 spiro atoms. The molecule has 1 saturated heterocycles. The third-order valence-electron chi connectivity index (χ3n) is 4.26. The van der Waals surface area contributed by atoms with Gasteiger partial charge in [0.25, 0.3) is 0 Å². The molecular formula is C18H26N4O. The zero-order valence-corrected chi connectivity index (χ0v) is 14.1. The van der Waals surface area contributed by atoms with Crippen LogP contribution in [0.3, 0.4) is 0 Å². The summed E-state index contributed by atoms with van der Waals surface area (Å²) in [6.07, 6.45) is 2.22. The first-order valence-electron chi connectivity index (χ1n) is 8.24. The topological polar surface area (TPSA) is 74.4 Å². The molecule has 1 fully saturated rings. The number of phenols is 1. The van der Waals surface area contributed by atoms with Gasteiger partial charge in [-0.25, -0.2) is 4.98 Å². The summed E-state index contributed by atoms with van der Waals surface area (Å²) in [6, 6.07) is 7.80. The number of nitrogens with zero attached hydrogens (tertiary/aromatic N) is 2. The number of nitrogens with one attached hydrogen (secondary N) is 1. The normalized spacial score (nSPS) is 16.9. The predicted octanol–water partition coefficient (Wildman–Crippen LogP) is 2.88. The van der Waals surface area contributed by atoms with Crippen molar-refractivity contribution in [2.75, 3.05) is 23.7 Å². The number of hydrogen-bond donors (Lipinski definition) is 3. The van der Waals surface area contributed by atoms with Gasteiger partial charge in [0.2, 0.25) is 0 Å². The molecule has 0 atom stereocenters. The molecule has 1 aliphatic heterocycles. The summed E-state index contributed by atoms with van der Waals surface area (Å²) < 4.78 is 0. The summed E-state index contributed by atoms with van der Waals surface area (Å²) in [5.41, 5.74) is 7.97. The molecule has 0 amide bonds. The van der Waals surface area contributed by atoms with Crippen molar-refractivity contribution in [2.24, 2.45) is 0 Å². The minimum atomic E-state index is 0.151. The fourth-order valence-electron chi connectivity index (χ4n) is 3.36. The first-order valence-corrected chi connectivity index (χ1v) is 8.24. The second kappa shape index (κ2) is 5.89. The number of rotatable bonds is 2. The Hall–Kier alpha value is -2.01. The fourth-order valence-corrected chi connectivity index (χ4v) is 3.36. The number of nitrogens with two attached hydrogens (primary N) is 1. The summed E-state index contributed by atoms with van der Waals surface area (Å²) in [5, 5.41) is 14.4. The molecule has 0 aliphatic carbocycles. The molecule has 4 N–H and O–H groups in total. The summed E-state index contributed by atoms with van der Waals surface area (Å²) in [5.74, 6) is 0.711. The van der Waals surface area contributed by atoms with Gasteiger partial charge in [-0.1, -0.05) is 0 Å². The second-order valence-electron chi connectivity index (χ2n) is 7.42. The highest BCUT2D eigenvalue weighted by molar-refractivity contribution is 5.94. The molecule has 1 aromatic carbocycles. The van der Waals surface area contributed by atoms with Crippen LogP contribution in [-0.2, 0) is 0 Å². The smallest absolute Gasteiger partial charge is 0.126 e. The maximum Gasteiger partial charge on any atom is 0.126 e. The Morgan fingerprint density at radius 2 is 1.91 bits per heavy atom. The lowest BCUT2D eigenvalue weighted by atomic mass is 9.99. The van der Waals surface area contributed by atoms with Crippen LogP contribution in [0, 0.1) is 0 Å². The van der Waals surface area contributed by atoms with Crippen LogP contribution in [0.5, 0.6) is 5.75 Å². The summed E-state index contributed by atoms with van der Waals surface area (Å²) in [7, 11) is 0. The van der Waals surface area contributed by atoms with Crippen LogP contribution in [-0.4, -0.2) is 34.8 Å². The molecule has 5 heteroatoms. The number of aromatic nitrogens is 1. The average Bonchev–Trinajstić information content (AvgIpc) is 2.45. The Bertz CT molecular complexity index is 695. The molecule has 2 aromatic rings. The van der Waals surface area contributed by atoms with Gasteiger partial charge in [-0.05, 0) is 45.7 Å². The maximum absolute atomic E-state index is 9.66. The Balaban J connectivity index is 1.82. The molecule has 5 nitrogen and oxygen atoms in total. The van der Waals surface area contributed by atoms with E-state index in [1.807, 2.05) is 12.1 Å². The van der Waals surface area contributed by atoms with Crippen molar-refractivity contribution < 1.29 is 5.11 Å². The van der Waals surface area contributed by atoms with Gasteiger partial charge in [0, 0.05) is 47.9 Å². The van der Waals surface area contributed by atoms with Crippen molar-refractivity contribution in [1.82, 2.24) is 10.3 Å². The number of piperidine rings is 1. The molecule has 0 bridgehead atoms. The van der Waals surface area contributed by atoms with Crippen molar-refractivity contribution in [3.05, 3.63) is 24.3 Å². The monoisotopic (exact) mass is 314 g/mol. The van der Waals surface area contributed by atoms with E-state index in [9.17, 15) is 5.11 Å². The molecule has 0 radical (unpaired) electrons. The number of benzene rings is 1. The van der Waals surface area contributed by atoms with E-state index in [1.165, 1.54) is 0 Å². The van der Waals surface area contributed by atoms with Crippen LogP contribution in [0.15, 0.2) is 24.3 Å². The van der Waals surface area contributed by atoms with Gasteiger partial charge in [0.1, 0.15) is 11.6 Å². The zero-order valence-electron chi connectivity index (χ0n) is 14.1. The zero-order chi connectivity index (χ0) is 16.6. The number of aromatic hydroxyl groups is 1. The molecule has 1 aromatic heterocycles. The molecule has 1 aliphatic rings. The third kappa shape index (κ3) is 3.67. The number of phenolic OH excluding ortho intramolecular Hbond substituents is 1. The SMILES string of the molecule is CC(C)(C)NC1CCN(c2cc(N)nc3cc(O)ccc23)CC1. The Labute approximate surface area is 137 Å². The molecule has 2 heterocycles. The number of fused-ring (bicyclic) bond motifs is 1. The van der Waals surface area contributed by atoms with E-state index in [0.717, 1.165) is 42.5 Å². The van der Waals surface area contributed by atoms with Gasteiger partial charge in [-0.3, -0.25) is 0 Å². The quantitative estimate of drug-likeness (QED) is 0.795. The van der Waals surface area contributed by atoms with E-state index in [1.54, 1.807) is 12.1 Å². The van der Waals surface area contributed by atoms with Crippen LogP contribution in [0.2, 0.25) is 0 Å². The second-order valence-corrected chi connectivity index (χ2v) is 7.42. The molecule has 0 unspecified atom stereocenters. The van der Waals surface area contributed by atoms with Crippen molar-refractivity contribution >= 4 is 22.4 Å². The van der Waals surface area contributed by atoms with E-state index < -0.39 is 0 Å². The lowest BCUT2D eigenvalue weighted by Gasteiger charge is -2.37. The fraction of sp³-hybridized carbons (Fsp3) is 0.500. The van der Waals surface area contributed by atoms with Gasteiger partial charge < -0.3 is 21.1 Å². The Kier molecular flexibility index (Phi) is 4.06. The highest BCUT2D eigenvalue weighted by Crippen LogP contribution is 2.31. The van der Waals surface area contributed by atoms with Gasteiger partial charge in [0.05, 0.1) is 5.52 Å². The van der Waals surface area contributed by atoms with Gasteiger partial charge in [-0.15, -0.1) is 0 Å². The minimum Gasteiger partial charge on any atom is -0.508 e. The van der Waals surface area contributed by atoms with Crippen LogP contribution in [0.25, 0.3) is 10.9 Å². The standard InChI is InChI=1S/C18H26N4O/c1-18(2,3)21-12-6-8-22(9-7-12)16-11-17(19)20-15-10-13(23)4-5-14(15)16/h4-5,10-12,21,23H,6-9H2,1-3H3,(H2,19,20). The average molecular weight is 314 g/mol. The Morgan fingerprint density at radius 3 is 2.57 bits per heavy atom. The van der Waals surface area contributed by atoms with Crippen LogP contribution in [0.4, 0.5) is 11.5 Å². The third-order valence-corrected chi connectivity index (χ3v) is 4.26. The largest absolute Gasteiger partial charge is 0.508 e. The number of hydrogen-bond acceptors (Lipinski definition) is 5. The van der Waals surface area contributed by atoms with Crippen molar-refractivity contribution in [2.45, 2.75) is 45.2 Å². The first kappa shape index (κ1) is 15.9. The number of pyridine rings is 1. The summed E-state index contributed by atoms with van der Waals surface area (Å²) >= 11 is 0. The van der Waals surface area contributed by atoms with E-state index in [4.69, 9.17) is 5.73 Å². The highest BCUT2D eigenvalue weighted by Gasteiger charge is 2.24. The maximum atomic E-state index is 9.66. The van der Waals surface area contributed by atoms with Crippen LogP contribution in [0.1, 0.15) is 33.6 Å². The number of nitrogen functional groups attached to an aromatic ring is 1. The lowest BCUT2D eigenvalue weighted by Crippen LogP contribution is -2.49. The summed E-state index contributed by atoms with van der Waals surface area (Å²) in [6.45, 7) is 8.62. The molecule has 0 saturated carbocycles. The van der Waals surface area contributed by atoms with Crippen LogP contribution < -0.4 is 16.0 Å². The van der Waals surface area contributed by atoms with Crippen LogP contribution >= 0.6 is 0 Å². The number of anilines is 2. The summed E-state index contributed by atoms with van der Waals surface area (Å²) in [4.78, 5) is 6.71. The molecular weight excluding hydrogens is 288 g/mol. The van der Waals surface area contributed by atoms with E-state index in [0.29, 0.717) is 11.9 Å². The molecule has 3 rings (SSSR count). The predicted molar refractivity (Wildman–Crippen MR) is 95.9 cm³/mol.